The fraction of sp³-hybridized carbons (Fsp3) is 0.500. The van der Waals surface area contributed by atoms with Gasteiger partial charge in [0, 0.05) is 0 Å². The van der Waals surface area contributed by atoms with Crippen LogP contribution in [0.2, 0.25) is 0 Å². The van der Waals surface area contributed by atoms with E-state index in [4.69, 9.17) is 5.11 Å². The lowest BCUT2D eigenvalue weighted by Gasteiger charge is -2.15. The molecule has 0 spiro atoms. The summed E-state index contributed by atoms with van der Waals surface area (Å²) in [5.41, 5.74) is 0.227. The lowest BCUT2D eigenvalue weighted by molar-refractivity contribution is -0.137. The summed E-state index contributed by atoms with van der Waals surface area (Å²) in [7, 11) is 0. The normalized spacial score (nSPS) is 12.8. The second-order valence-corrected chi connectivity index (χ2v) is 4.83. The number of hydrogen-bond acceptors (Lipinski definition) is 4. The predicted molar refractivity (Wildman–Crippen MR) is 58.8 cm³/mol. The van der Waals surface area contributed by atoms with E-state index in [0.717, 1.165) is 11.8 Å². The van der Waals surface area contributed by atoms with Crippen LogP contribution in [-0.2, 0) is 4.79 Å². The minimum atomic E-state index is -0.962. The molecule has 88 valence electrons. The van der Waals surface area contributed by atoms with Crippen molar-refractivity contribution in [3.05, 3.63) is 17.8 Å². The Bertz CT molecular complexity index is 398. The average molecular weight is 244 g/mol. The Morgan fingerprint density at radius 2 is 2.12 bits per heavy atom. The van der Waals surface area contributed by atoms with Crippen LogP contribution in [0.5, 0.6) is 0 Å². The second kappa shape index (κ2) is 5.25. The Morgan fingerprint density at radius 3 is 2.62 bits per heavy atom. The number of aliphatic carboxylic acids is 1. The summed E-state index contributed by atoms with van der Waals surface area (Å²) in [4.78, 5) is 18.4. The number of thioether (sulfide) groups is 1. The maximum absolute atomic E-state index is 13.6. The van der Waals surface area contributed by atoms with Crippen molar-refractivity contribution in [3.8, 4) is 0 Å². The number of hydrogen-bond donors (Lipinski definition) is 1. The van der Waals surface area contributed by atoms with Gasteiger partial charge in [-0.15, -0.1) is 0 Å². The molecule has 1 aromatic rings. The third-order valence-corrected chi connectivity index (χ3v) is 3.53. The minimum absolute atomic E-state index is 0.0913. The molecule has 0 aliphatic heterocycles. The lowest BCUT2D eigenvalue weighted by Crippen LogP contribution is -2.22. The summed E-state index contributed by atoms with van der Waals surface area (Å²) < 4.78 is 13.6. The molecule has 1 rings (SSSR count). The van der Waals surface area contributed by atoms with Gasteiger partial charge < -0.3 is 5.11 Å². The first-order chi connectivity index (χ1) is 7.43. The van der Waals surface area contributed by atoms with Gasteiger partial charge in [-0.3, -0.25) is 4.79 Å². The molecule has 4 nitrogen and oxygen atoms in total. The molecule has 0 radical (unpaired) electrons. The molecular formula is C10H13FN2O2S. The monoisotopic (exact) mass is 244 g/mol. The van der Waals surface area contributed by atoms with Crippen molar-refractivity contribution in [2.75, 3.05) is 0 Å². The van der Waals surface area contributed by atoms with E-state index in [1.54, 1.807) is 13.8 Å². The molecule has 0 bridgehead atoms. The second-order valence-electron chi connectivity index (χ2n) is 3.70. The van der Waals surface area contributed by atoms with E-state index in [1.165, 1.54) is 13.3 Å². The maximum Gasteiger partial charge on any atom is 0.317 e. The number of aromatic nitrogens is 2. The molecule has 0 aromatic carbocycles. The zero-order valence-electron chi connectivity index (χ0n) is 9.27. The van der Waals surface area contributed by atoms with Crippen LogP contribution in [0.25, 0.3) is 0 Å². The Labute approximate surface area is 97.3 Å². The minimum Gasteiger partial charge on any atom is -0.480 e. The van der Waals surface area contributed by atoms with Crippen molar-refractivity contribution >= 4 is 17.7 Å². The van der Waals surface area contributed by atoms with Gasteiger partial charge >= 0.3 is 5.97 Å². The molecule has 1 atom stereocenters. The highest BCUT2D eigenvalue weighted by Crippen LogP contribution is 2.29. The fourth-order valence-corrected chi connectivity index (χ4v) is 2.08. The first-order valence-electron chi connectivity index (χ1n) is 4.80. The number of halogens is 1. The van der Waals surface area contributed by atoms with E-state index in [2.05, 4.69) is 9.97 Å². The zero-order chi connectivity index (χ0) is 12.3. The summed E-state index contributed by atoms with van der Waals surface area (Å²) in [5, 5.41) is 8.36. The van der Waals surface area contributed by atoms with E-state index >= 15 is 0 Å². The molecule has 1 N–H and O–H groups in total. The van der Waals surface area contributed by atoms with E-state index in [0.29, 0.717) is 0 Å². The van der Waals surface area contributed by atoms with E-state index in [9.17, 15) is 9.18 Å². The molecular weight excluding hydrogens is 231 g/mol. The lowest BCUT2D eigenvalue weighted by atomic mass is 10.1. The first-order valence-corrected chi connectivity index (χ1v) is 5.68. The Kier molecular flexibility index (Phi) is 4.23. The standard InChI is InChI=1S/C10H13FN2O2S/c1-5(2)8(10(14)15)16-9-7(11)6(3)12-4-13-9/h4-5,8H,1-3H3,(H,14,15). The van der Waals surface area contributed by atoms with Crippen LogP contribution in [0.1, 0.15) is 19.5 Å². The van der Waals surface area contributed by atoms with E-state index in [1.807, 2.05) is 0 Å². The third-order valence-electron chi connectivity index (χ3n) is 2.02. The number of carboxylic acids is 1. The molecule has 0 amide bonds. The van der Waals surface area contributed by atoms with Crippen molar-refractivity contribution in [2.24, 2.45) is 5.92 Å². The van der Waals surface area contributed by atoms with Crippen LogP contribution in [0.15, 0.2) is 11.4 Å². The summed E-state index contributed by atoms with van der Waals surface area (Å²) >= 11 is 0.920. The number of nitrogens with zero attached hydrogens (tertiary/aromatic N) is 2. The Morgan fingerprint density at radius 1 is 1.50 bits per heavy atom. The Hall–Kier alpha value is -1.17. The van der Waals surface area contributed by atoms with Crippen molar-refractivity contribution < 1.29 is 14.3 Å². The van der Waals surface area contributed by atoms with Crippen LogP contribution in [-0.4, -0.2) is 26.3 Å². The molecule has 0 saturated heterocycles. The summed E-state index contributed by atoms with van der Waals surface area (Å²) in [6.45, 7) is 5.07. The molecule has 0 saturated carbocycles. The average Bonchev–Trinajstić information content (AvgIpc) is 2.19. The van der Waals surface area contributed by atoms with E-state index in [-0.39, 0.29) is 16.6 Å². The highest BCUT2D eigenvalue weighted by atomic mass is 32.2. The van der Waals surface area contributed by atoms with Gasteiger partial charge in [0.1, 0.15) is 16.6 Å². The van der Waals surface area contributed by atoms with Gasteiger partial charge in [-0.25, -0.2) is 14.4 Å². The van der Waals surface area contributed by atoms with Crippen LogP contribution in [0.3, 0.4) is 0 Å². The topological polar surface area (TPSA) is 63.1 Å². The van der Waals surface area contributed by atoms with Crippen LogP contribution in [0, 0.1) is 18.7 Å². The quantitative estimate of drug-likeness (QED) is 0.649. The smallest absolute Gasteiger partial charge is 0.317 e. The summed E-state index contributed by atoms with van der Waals surface area (Å²) in [6.07, 6.45) is 1.24. The molecule has 0 aliphatic carbocycles. The van der Waals surface area contributed by atoms with Crippen molar-refractivity contribution in [2.45, 2.75) is 31.0 Å². The SMILES string of the molecule is Cc1ncnc(SC(C(=O)O)C(C)C)c1F. The van der Waals surface area contributed by atoms with Gasteiger partial charge in [-0.1, -0.05) is 25.6 Å². The van der Waals surface area contributed by atoms with Gasteiger partial charge in [-0.05, 0) is 12.8 Å². The summed E-state index contributed by atoms with van der Waals surface area (Å²) in [6, 6.07) is 0. The molecule has 6 heteroatoms. The molecule has 1 heterocycles. The molecule has 0 fully saturated rings. The van der Waals surface area contributed by atoms with Gasteiger partial charge in [-0.2, -0.15) is 0 Å². The zero-order valence-corrected chi connectivity index (χ0v) is 10.1. The van der Waals surface area contributed by atoms with Crippen molar-refractivity contribution in [1.82, 2.24) is 9.97 Å². The number of carbonyl (C=O) groups is 1. The molecule has 0 aliphatic rings. The number of carboxylic acid groups (broad SMARTS) is 1. The first kappa shape index (κ1) is 12.9. The fourth-order valence-electron chi connectivity index (χ4n) is 1.11. The molecule has 1 unspecified atom stereocenters. The van der Waals surface area contributed by atoms with Crippen LogP contribution < -0.4 is 0 Å². The van der Waals surface area contributed by atoms with Crippen molar-refractivity contribution in [3.63, 3.8) is 0 Å². The summed E-state index contributed by atoms with van der Waals surface area (Å²) in [5.74, 6) is -1.60. The third kappa shape index (κ3) is 2.91. The molecule has 16 heavy (non-hydrogen) atoms. The van der Waals surface area contributed by atoms with Crippen LogP contribution in [0.4, 0.5) is 4.39 Å². The maximum atomic E-state index is 13.6. The Balaban J connectivity index is 2.94. The van der Waals surface area contributed by atoms with E-state index < -0.39 is 17.0 Å². The van der Waals surface area contributed by atoms with Gasteiger partial charge in [0.15, 0.2) is 5.82 Å². The van der Waals surface area contributed by atoms with Crippen molar-refractivity contribution in [1.29, 1.82) is 0 Å². The highest BCUT2D eigenvalue weighted by Gasteiger charge is 2.25. The van der Waals surface area contributed by atoms with Gasteiger partial charge in [0.25, 0.3) is 0 Å². The highest BCUT2D eigenvalue weighted by molar-refractivity contribution is 8.00. The number of rotatable bonds is 4. The molecule has 1 aromatic heterocycles. The number of aryl methyl sites for hydroxylation is 1. The largest absolute Gasteiger partial charge is 0.480 e. The van der Waals surface area contributed by atoms with Gasteiger partial charge in [0.05, 0.1) is 5.69 Å². The van der Waals surface area contributed by atoms with Gasteiger partial charge in [0.2, 0.25) is 0 Å². The predicted octanol–water partition coefficient (Wildman–Crippen LogP) is 2.13. The van der Waals surface area contributed by atoms with Crippen LogP contribution >= 0.6 is 11.8 Å².